The number of carbonyl (C=O) groups is 1. The Morgan fingerprint density at radius 1 is 1.09 bits per heavy atom. The first-order chi connectivity index (χ1) is 15.4. The minimum Gasteiger partial charge on any atom is -0.465 e. The molecule has 0 N–H and O–H groups in total. The van der Waals surface area contributed by atoms with Crippen LogP contribution >= 0.6 is 0 Å². The van der Waals surface area contributed by atoms with E-state index < -0.39 is 16.0 Å². The molecule has 1 aromatic heterocycles. The first-order valence-corrected chi connectivity index (χ1v) is 12.1. The van der Waals surface area contributed by atoms with Gasteiger partial charge in [0.05, 0.1) is 17.6 Å². The molecule has 0 fully saturated rings. The lowest BCUT2D eigenvalue weighted by molar-refractivity contribution is 0.0599. The van der Waals surface area contributed by atoms with Crippen LogP contribution in [0.15, 0.2) is 51.8 Å². The summed E-state index contributed by atoms with van der Waals surface area (Å²) in [7, 11) is -2.74. The van der Waals surface area contributed by atoms with Crippen molar-refractivity contribution in [3.63, 3.8) is 0 Å². The highest BCUT2D eigenvalue weighted by Gasteiger charge is 2.29. The molecule has 0 saturated heterocycles. The van der Waals surface area contributed by atoms with Crippen LogP contribution in [0.5, 0.6) is 0 Å². The number of benzene rings is 2. The molecule has 0 amide bonds. The van der Waals surface area contributed by atoms with Crippen LogP contribution < -0.4 is 4.31 Å². The van der Waals surface area contributed by atoms with Gasteiger partial charge in [-0.25, -0.2) is 17.5 Å². The molecule has 176 valence electrons. The van der Waals surface area contributed by atoms with E-state index in [4.69, 9.17) is 9.15 Å². The number of aryl methyl sites for hydroxylation is 2. The first kappa shape index (κ1) is 24.5. The van der Waals surface area contributed by atoms with E-state index in [0.717, 1.165) is 5.56 Å². The van der Waals surface area contributed by atoms with Gasteiger partial charge >= 0.3 is 5.97 Å². The third-order valence-electron chi connectivity index (χ3n) is 5.50. The molecule has 0 saturated carbocycles. The average Bonchev–Trinajstić information content (AvgIpc) is 3.14. The Labute approximate surface area is 195 Å². The summed E-state index contributed by atoms with van der Waals surface area (Å²) in [4.78, 5) is 16.6. The Kier molecular flexibility index (Phi) is 6.70. The van der Waals surface area contributed by atoms with Crippen molar-refractivity contribution in [3.05, 3.63) is 64.9 Å². The zero-order valence-electron chi connectivity index (χ0n) is 20.1. The van der Waals surface area contributed by atoms with E-state index in [1.807, 2.05) is 24.3 Å². The van der Waals surface area contributed by atoms with E-state index in [0.29, 0.717) is 17.2 Å². The van der Waals surface area contributed by atoms with Gasteiger partial charge in [0.2, 0.25) is 5.89 Å². The standard InChI is InChI=1S/C25H30N2O5S/c1-8-27(33(29,30)20-14-9-16(2)21(15-20)24(28)31-7)22-17(3)32-23(26-22)18-10-12-19(13-11-18)25(4,5)6/h9-15H,8H2,1-7H3. The lowest BCUT2D eigenvalue weighted by atomic mass is 9.87. The molecule has 0 aliphatic heterocycles. The maximum Gasteiger partial charge on any atom is 0.338 e. The molecule has 0 aliphatic carbocycles. The molecular weight excluding hydrogens is 440 g/mol. The topological polar surface area (TPSA) is 89.7 Å². The van der Waals surface area contributed by atoms with Crippen LogP contribution in [0.25, 0.3) is 11.5 Å². The molecule has 7 nitrogen and oxygen atoms in total. The van der Waals surface area contributed by atoms with E-state index >= 15 is 0 Å². The summed E-state index contributed by atoms with van der Waals surface area (Å²) in [5.74, 6) is 0.352. The SMILES string of the molecule is CCN(c1nc(-c2ccc(C(C)(C)C)cc2)oc1C)S(=O)(=O)c1ccc(C)c(C(=O)OC)c1. The van der Waals surface area contributed by atoms with Crippen LogP contribution in [0, 0.1) is 13.8 Å². The number of aromatic nitrogens is 1. The van der Waals surface area contributed by atoms with Crippen LogP contribution in [0.2, 0.25) is 0 Å². The van der Waals surface area contributed by atoms with Gasteiger partial charge in [0.15, 0.2) is 5.82 Å². The number of rotatable bonds is 6. The summed E-state index contributed by atoms with van der Waals surface area (Å²) >= 11 is 0. The van der Waals surface area contributed by atoms with Gasteiger partial charge < -0.3 is 9.15 Å². The van der Waals surface area contributed by atoms with E-state index in [9.17, 15) is 13.2 Å². The maximum atomic E-state index is 13.5. The predicted octanol–water partition coefficient (Wildman–Crippen LogP) is 5.26. The number of oxazole rings is 1. The van der Waals surface area contributed by atoms with Gasteiger partial charge in [-0.3, -0.25) is 0 Å². The van der Waals surface area contributed by atoms with Gasteiger partial charge in [-0.2, -0.15) is 4.98 Å². The van der Waals surface area contributed by atoms with Crippen molar-refractivity contribution >= 4 is 21.8 Å². The Hall–Kier alpha value is -3.13. The highest BCUT2D eigenvalue weighted by Crippen LogP contribution is 2.32. The maximum absolute atomic E-state index is 13.5. The van der Waals surface area contributed by atoms with Crippen LogP contribution in [0.1, 0.15) is 54.9 Å². The van der Waals surface area contributed by atoms with Crippen LogP contribution in [0.3, 0.4) is 0 Å². The molecular formula is C25H30N2O5S. The first-order valence-electron chi connectivity index (χ1n) is 10.7. The fourth-order valence-corrected chi connectivity index (χ4v) is 5.01. The lowest BCUT2D eigenvalue weighted by Crippen LogP contribution is -2.31. The summed E-state index contributed by atoms with van der Waals surface area (Å²) in [6.07, 6.45) is 0. The fourth-order valence-electron chi connectivity index (χ4n) is 3.51. The highest BCUT2D eigenvalue weighted by atomic mass is 32.2. The van der Waals surface area contributed by atoms with Gasteiger partial charge in [0, 0.05) is 12.1 Å². The molecule has 33 heavy (non-hydrogen) atoms. The molecule has 0 atom stereocenters. The van der Waals surface area contributed by atoms with E-state index in [2.05, 4.69) is 25.8 Å². The number of hydrogen-bond donors (Lipinski definition) is 0. The lowest BCUT2D eigenvalue weighted by Gasteiger charge is -2.21. The van der Waals surface area contributed by atoms with E-state index in [-0.39, 0.29) is 28.2 Å². The van der Waals surface area contributed by atoms with Crippen molar-refractivity contribution in [1.29, 1.82) is 0 Å². The minimum atomic E-state index is -4.00. The summed E-state index contributed by atoms with van der Waals surface area (Å²) in [5, 5.41) is 0. The molecule has 2 aromatic carbocycles. The number of ether oxygens (including phenoxy) is 1. The smallest absolute Gasteiger partial charge is 0.338 e. The quantitative estimate of drug-likeness (QED) is 0.457. The number of anilines is 1. The van der Waals surface area contributed by atoms with Crippen LogP contribution in [-0.4, -0.2) is 33.0 Å². The van der Waals surface area contributed by atoms with Crippen molar-refractivity contribution in [2.45, 2.75) is 51.9 Å². The van der Waals surface area contributed by atoms with Gasteiger partial charge in [-0.1, -0.05) is 39.0 Å². The van der Waals surface area contributed by atoms with E-state index in [1.165, 1.54) is 29.1 Å². The Morgan fingerprint density at radius 3 is 2.27 bits per heavy atom. The molecule has 3 aromatic rings. The van der Waals surface area contributed by atoms with Gasteiger partial charge in [-0.15, -0.1) is 0 Å². The zero-order chi connectivity index (χ0) is 24.6. The highest BCUT2D eigenvalue weighted by molar-refractivity contribution is 7.92. The molecule has 0 radical (unpaired) electrons. The number of esters is 1. The second kappa shape index (κ2) is 9.02. The number of methoxy groups -OCH3 is 1. The zero-order valence-corrected chi connectivity index (χ0v) is 20.9. The van der Waals surface area contributed by atoms with Gasteiger partial charge in [0.25, 0.3) is 10.0 Å². The van der Waals surface area contributed by atoms with Crippen molar-refractivity contribution in [1.82, 2.24) is 4.98 Å². The third-order valence-corrected chi connectivity index (χ3v) is 7.36. The molecule has 0 bridgehead atoms. The molecule has 0 unspecified atom stereocenters. The Morgan fingerprint density at radius 2 is 1.73 bits per heavy atom. The third kappa shape index (κ3) is 4.80. The van der Waals surface area contributed by atoms with Gasteiger partial charge in [-0.05, 0) is 61.6 Å². The predicted molar refractivity (Wildman–Crippen MR) is 128 cm³/mol. The summed E-state index contributed by atoms with van der Waals surface area (Å²) < 4.78 is 38.8. The Balaban J connectivity index is 2.02. The summed E-state index contributed by atoms with van der Waals surface area (Å²) in [6, 6.07) is 12.3. The minimum absolute atomic E-state index is 0.0143. The molecule has 0 spiro atoms. The summed E-state index contributed by atoms with van der Waals surface area (Å²) in [6.45, 7) is 11.7. The van der Waals surface area contributed by atoms with Crippen molar-refractivity contribution in [2.75, 3.05) is 18.0 Å². The normalized spacial score (nSPS) is 12.0. The molecule has 8 heteroatoms. The number of sulfonamides is 1. The van der Waals surface area contributed by atoms with Crippen LogP contribution in [0.4, 0.5) is 5.82 Å². The fraction of sp³-hybridized carbons (Fsp3) is 0.360. The molecule has 1 heterocycles. The van der Waals surface area contributed by atoms with Crippen molar-refractivity contribution < 1.29 is 22.4 Å². The molecule has 0 aliphatic rings. The number of hydrogen-bond acceptors (Lipinski definition) is 6. The second-order valence-electron chi connectivity index (χ2n) is 8.86. The summed E-state index contributed by atoms with van der Waals surface area (Å²) in [5.41, 5.74) is 2.77. The van der Waals surface area contributed by atoms with Crippen molar-refractivity contribution in [2.24, 2.45) is 0 Å². The number of nitrogens with zero attached hydrogens (tertiary/aromatic N) is 2. The monoisotopic (exact) mass is 470 g/mol. The van der Waals surface area contributed by atoms with Crippen LogP contribution in [-0.2, 0) is 20.2 Å². The van der Waals surface area contributed by atoms with Gasteiger partial charge in [0.1, 0.15) is 5.76 Å². The van der Waals surface area contributed by atoms with Crippen molar-refractivity contribution in [3.8, 4) is 11.5 Å². The second-order valence-corrected chi connectivity index (χ2v) is 10.7. The largest absolute Gasteiger partial charge is 0.465 e. The number of carbonyl (C=O) groups excluding carboxylic acids is 1. The molecule has 3 rings (SSSR count). The van der Waals surface area contributed by atoms with E-state index in [1.54, 1.807) is 26.8 Å². The Bertz CT molecular complexity index is 1270. The average molecular weight is 471 g/mol.